The van der Waals surface area contributed by atoms with E-state index < -0.39 is 0 Å². The van der Waals surface area contributed by atoms with Crippen LogP contribution in [0.15, 0.2) is 23.2 Å². The third-order valence-corrected chi connectivity index (χ3v) is 4.01. The summed E-state index contributed by atoms with van der Waals surface area (Å²) >= 11 is 1.35. The Morgan fingerprint density at radius 1 is 1.35 bits per heavy atom. The first-order valence-electron chi connectivity index (χ1n) is 7.95. The molecule has 0 aromatic carbocycles. The summed E-state index contributed by atoms with van der Waals surface area (Å²) in [5, 5.41) is 4.97. The predicted molar refractivity (Wildman–Crippen MR) is 93.4 cm³/mol. The highest BCUT2D eigenvalue weighted by molar-refractivity contribution is 7.13. The number of nitrogens with zero attached hydrogens (tertiary/aromatic N) is 1. The molecule has 1 heterocycles. The zero-order valence-electron chi connectivity index (χ0n) is 14.1. The number of amides is 1. The zero-order valence-corrected chi connectivity index (χ0v) is 14.9. The highest BCUT2D eigenvalue weighted by Crippen LogP contribution is 2.13. The second-order valence-corrected chi connectivity index (χ2v) is 6.75. The molecule has 128 valence electrons. The average Bonchev–Trinajstić information content (AvgIpc) is 2.97. The number of carbonyl (C=O) groups excluding carboxylic acids is 2. The molecule has 0 fully saturated rings. The lowest BCUT2D eigenvalue weighted by Gasteiger charge is -2.10. The number of aromatic nitrogens is 1. The molecule has 1 amide bonds. The molecule has 1 N–H and O–H groups in total. The molecule has 5 nitrogen and oxygen atoms in total. The number of carbonyl (C=O) groups is 2. The Kier molecular flexibility index (Phi) is 9.21. The lowest BCUT2D eigenvalue weighted by atomic mass is 10.0. The molecule has 23 heavy (non-hydrogen) atoms. The summed E-state index contributed by atoms with van der Waals surface area (Å²) < 4.78 is 5.18. The van der Waals surface area contributed by atoms with Crippen LogP contribution in [0.25, 0.3) is 0 Å². The Labute approximate surface area is 142 Å². The fourth-order valence-corrected chi connectivity index (χ4v) is 2.47. The van der Waals surface area contributed by atoms with Gasteiger partial charge in [-0.05, 0) is 39.0 Å². The molecule has 6 heteroatoms. The van der Waals surface area contributed by atoms with Gasteiger partial charge in [-0.1, -0.05) is 18.6 Å². The van der Waals surface area contributed by atoms with E-state index in [9.17, 15) is 9.59 Å². The van der Waals surface area contributed by atoms with Crippen LogP contribution < -0.4 is 5.32 Å². The van der Waals surface area contributed by atoms with E-state index in [0.29, 0.717) is 17.7 Å². The summed E-state index contributed by atoms with van der Waals surface area (Å²) in [5.74, 6) is -0.0191. The predicted octanol–water partition coefficient (Wildman–Crippen LogP) is 4.18. The van der Waals surface area contributed by atoms with Crippen LogP contribution >= 0.6 is 11.3 Å². The second-order valence-electron chi connectivity index (χ2n) is 5.86. The topological polar surface area (TPSA) is 68.3 Å². The Morgan fingerprint density at radius 2 is 2.13 bits per heavy atom. The maximum Gasteiger partial charge on any atom is 0.306 e. The summed E-state index contributed by atoms with van der Waals surface area (Å²) in [4.78, 5) is 27.2. The van der Waals surface area contributed by atoms with Crippen LogP contribution in [0.5, 0.6) is 0 Å². The van der Waals surface area contributed by atoms with Crippen LogP contribution in [-0.4, -0.2) is 23.5 Å². The van der Waals surface area contributed by atoms with Crippen LogP contribution in [0.3, 0.4) is 0 Å². The Bertz CT molecular complexity index is 508. The summed E-state index contributed by atoms with van der Waals surface area (Å²) in [6.45, 7) is 6.77. The van der Waals surface area contributed by atoms with Gasteiger partial charge < -0.3 is 10.1 Å². The van der Waals surface area contributed by atoms with Crippen molar-refractivity contribution in [3.8, 4) is 0 Å². The molecule has 0 saturated heterocycles. The SMILES string of the molecule is CC(C)=CCC[C@H](C)CCOC(=O)CCC(=O)Nc1nccs1. The van der Waals surface area contributed by atoms with Crippen molar-refractivity contribution in [3.63, 3.8) is 0 Å². The van der Waals surface area contributed by atoms with Gasteiger partial charge in [0.05, 0.1) is 13.0 Å². The highest BCUT2D eigenvalue weighted by Gasteiger charge is 2.10. The van der Waals surface area contributed by atoms with Crippen LogP contribution in [0.4, 0.5) is 5.13 Å². The van der Waals surface area contributed by atoms with Gasteiger partial charge in [0.1, 0.15) is 0 Å². The maximum absolute atomic E-state index is 11.6. The molecule has 0 aliphatic heterocycles. The number of ether oxygens (including phenoxy) is 1. The average molecular weight is 338 g/mol. The standard InChI is InChI=1S/C17H26N2O3S/c1-13(2)5-4-6-14(3)9-11-22-16(21)8-7-15(20)19-17-18-10-12-23-17/h5,10,12,14H,4,6-9,11H2,1-3H3,(H,18,19,20)/t14-/m0/s1. The van der Waals surface area contributed by atoms with E-state index in [1.54, 1.807) is 11.6 Å². The van der Waals surface area contributed by atoms with Crippen molar-refractivity contribution >= 4 is 28.3 Å². The van der Waals surface area contributed by atoms with E-state index in [1.165, 1.54) is 16.9 Å². The molecule has 1 aromatic rings. The summed E-state index contributed by atoms with van der Waals surface area (Å²) in [6, 6.07) is 0. The van der Waals surface area contributed by atoms with Gasteiger partial charge in [-0.2, -0.15) is 0 Å². The Morgan fingerprint density at radius 3 is 2.78 bits per heavy atom. The van der Waals surface area contributed by atoms with E-state index >= 15 is 0 Å². The van der Waals surface area contributed by atoms with Gasteiger partial charge >= 0.3 is 5.97 Å². The Hall–Kier alpha value is -1.69. The van der Waals surface area contributed by atoms with E-state index in [2.05, 4.69) is 37.1 Å². The number of anilines is 1. The van der Waals surface area contributed by atoms with Crippen molar-refractivity contribution < 1.29 is 14.3 Å². The van der Waals surface area contributed by atoms with Gasteiger partial charge in [-0.15, -0.1) is 11.3 Å². The van der Waals surface area contributed by atoms with Crippen molar-refractivity contribution in [1.29, 1.82) is 0 Å². The number of thiazole rings is 1. The summed E-state index contributed by atoms with van der Waals surface area (Å²) in [7, 11) is 0. The molecule has 0 spiro atoms. The maximum atomic E-state index is 11.6. The fraction of sp³-hybridized carbons (Fsp3) is 0.588. The van der Waals surface area contributed by atoms with Gasteiger partial charge in [-0.3, -0.25) is 9.59 Å². The lowest BCUT2D eigenvalue weighted by molar-refractivity contribution is -0.145. The summed E-state index contributed by atoms with van der Waals surface area (Å²) in [6.07, 6.45) is 7.08. The molecule has 0 saturated carbocycles. The number of hydrogen-bond donors (Lipinski definition) is 1. The molecule has 0 aliphatic rings. The molecule has 0 unspecified atom stereocenters. The van der Waals surface area contributed by atoms with Gasteiger partial charge in [0.25, 0.3) is 0 Å². The van der Waals surface area contributed by atoms with E-state index in [-0.39, 0.29) is 24.7 Å². The molecule has 0 aliphatic carbocycles. The minimum Gasteiger partial charge on any atom is -0.466 e. The van der Waals surface area contributed by atoms with E-state index in [4.69, 9.17) is 4.74 Å². The van der Waals surface area contributed by atoms with Crippen LogP contribution in [-0.2, 0) is 14.3 Å². The number of nitrogens with one attached hydrogen (secondary N) is 1. The quantitative estimate of drug-likeness (QED) is 0.513. The lowest BCUT2D eigenvalue weighted by Crippen LogP contribution is -2.15. The van der Waals surface area contributed by atoms with E-state index in [0.717, 1.165) is 19.3 Å². The highest BCUT2D eigenvalue weighted by atomic mass is 32.1. The van der Waals surface area contributed by atoms with Gasteiger partial charge in [0.2, 0.25) is 5.91 Å². The molecule has 1 rings (SSSR count). The molecule has 0 bridgehead atoms. The van der Waals surface area contributed by atoms with Gasteiger partial charge in [-0.25, -0.2) is 4.98 Å². The van der Waals surface area contributed by atoms with Gasteiger partial charge in [0, 0.05) is 18.0 Å². The molecular weight excluding hydrogens is 312 g/mol. The third-order valence-electron chi connectivity index (χ3n) is 3.32. The number of allylic oxidation sites excluding steroid dienone is 2. The van der Waals surface area contributed by atoms with Crippen molar-refractivity contribution in [2.45, 2.75) is 52.9 Å². The number of esters is 1. The Balaban J connectivity index is 2.07. The monoisotopic (exact) mass is 338 g/mol. The number of hydrogen-bond acceptors (Lipinski definition) is 5. The first-order valence-corrected chi connectivity index (χ1v) is 8.83. The minimum atomic E-state index is -0.323. The van der Waals surface area contributed by atoms with Crippen LogP contribution in [0, 0.1) is 5.92 Å². The molecule has 0 radical (unpaired) electrons. The van der Waals surface area contributed by atoms with Crippen molar-refractivity contribution in [1.82, 2.24) is 4.98 Å². The molecular formula is C17H26N2O3S. The van der Waals surface area contributed by atoms with Crippen LogP contribution in [0.1, 0.15) is 52.9 Å². The number of rotatable bonds is 10. The largest absolute Gasteiger partial charge is 0.466 e. The zero-order chi connectivity index (χ0) is 17.1. The molecule has 1 aromatic heterocycles. The fourth-order valence-electron chi connectivity index (χ4n) is 1.93. The van der Waals surface area contributed by atoms with Crippen LogP contribution in [0.2, 0.25) is 0 Å². The first-order chi connectivity index (χ1) is 11.0. The minimum absolute atomic E-state index is 0.101. The smallest absolute Gasteiger partial charge is 0.306 e. The van der Waals surface area contributed by atoms with Gasteiger partial charge in [0.15, 0.2) is 5.13 Å². The van der Waals surface area contributed by atoms with Crippen molar-refractivity contribution in [3.05, 3.63) is 23.2 Å². The summed E-state index contributed by atoms with van der Waals surface area (Å²) in [5.41, 5.74) is 1.33. The van der Waals surface area contributed by atoms with E-state index in [1.807, 2.05) is 0 Å². The first kappa shape index (κ1) is 19.4. The van der Waals surface area contributed by atoms with Crippen molar-refractivity contribution in [2.24, 2.45) is 5.92 Å². The second kappa shape index (κ2) is 10.9. The third kappa shape index (κ3) is 9.84. The normalized spacial score (nSPS) is 11.6. The van der Waals surface area contributed by atoms with Crippen molar-refractivity contribution in [2.75, 3.05) is 11.9 Å². The molecule has 1 atom stereocenters.